The van der Waals surface area contributed by atoms with Gasteiger partial charge in [-0.25, -0.2) is 0 Å². The molecule has 0 aliphatic rings. The van der Waals surface area contributed by atoms with Crippen molar-refractivity contribution >= 4 is 28.2 Å². The van der Waals surface area contributed by atoms with Gasteiger partial charge in [-0.1, -0.05) is 60.7 Å². The van der Waals surface area contributed by atoms with Gasteiger partial charge < -0.3 is 10.1 Å². The summed E-state index contributed by atoms with van der Waals surface area (Å²) in [5, 5.41) is 12.0. The zero-order chi connectivity index (χ0) is 20.5. The number of amides is 1. The largest absolute Gasteiger partial charge is 0.493 e. The molecule has 0 radical (unpaired) electrons. The van der Waals surface area contributed by atoms with Crippen LogP contribution in [0, 0.1) is 0 Å². The Labute approximate surface area is 173 Å². The van der Waals surface area contributed by atoms with Crippen LogP contribution in [-0.4, -0.2) is 28.5 Å². The normalized spacial score (nSPS) is 10.5. The fourth-order valence-corrected chi connectivity index (χ4v) is 3.40. The minimum Gasteiger partial charge on any atom is -0.493 e. The van der Waals surface area contributed by atoms with Crippen LogP contribution < -0.4 is 10.1 Å². The molecule has 1 N–H and O–H groups in total. The number of nitrogens with one attached hydrogen (secondary N) is 1. The van der Waals surface area contributed by atoms with Gasteiger partial charge in [0.2, 0.25) is 11.0 Å². The first-order chi connectivity index (χ1) is 14.1. The molecule has 0 fully saturated rings. The van der Waals surface area contributed by atoms with E-state index in [2.05, 4.69) is 34.6 Å². The molecule has 29 heavy (non-hydrogen) atoms. The second-order valence-corrected chi connectivity index (χ2v) is 7.50. The van der Waals surface area contributed by atoms with E-state index in [0.29, 0.717) is 23.7 Å². The van der Waals surface area contributed by atoms with Crippen LogP contribution in [0.3, 0.4) is 0 Å². The zero-order valence-corrected chi connectivity index (χ0v) is 17.1. The molecule has 3 aromatic rings. The first-order valence-corrected chi connectivity index (χ1v) is 10.4. The van der Waals surface area contributed by atoms with Gasteiger partial charge in [0, 0.05) is 24.8 Å². The lowest BCUT2D eigenvalue weighted by Gasteiger charge is -2.05. The number of ether oxygens (including phenoxy) is 1. The van der Waals surface area contributed by atoms with Gasteiger partial charge in [-0.15, -0.1) is 10.2 Å². The predicted octanol–water partition coefficient (Wildman–Crippen LogP) is 4.32. The predicted molar refractivity (Wildman–Crippen MR) is 114 cm³/mol. The molecule has 150 valence electrons. The first kappa shape index (κ1) is 20.7. The van der Waals surface area contributed by atoms with Crippen LogP contribution in [0.1, 0.15) is 40.7 Å². The average Bonchev–Trinajstić information content (AvgIpc) is 3.20. The number of benzene rings is 2. The summed E-state index contributed by atoms with van der Waals surface area (Å²) in [5.74, 6) is 0.524. The maximum atomic E-state index is 12.1. The Morgan fingerprint density at radius 1 is 1.00 bits per heavy atom. The topological polar surface area (TPSA) is 81.2 Å². The number of aryl methyl sites for hydroxylation is 1. The lowest BCUT2D eigenvalue weighted by molar-refractivity contribution is -0.116. The highest BCUT2D eigenvalue weighted by Crippen LogP contribution is 2.18. The van der Waals surface area contributed by atoms with Crippen LogP contribution in [-0.2, 0) is 17.6 Å². The molecule has 1 heterocycles. The Bertz CT molecular complexity index is 939. The molecule has 0 aliphatic heterocycles. The summed E-state index contributed by atoms with van der Waals surface area (Å²) in [6.45, 7) is 2.60. The maximum absolute atomic E-state index is 12.1. The number of aromatic nitrogens is 2. The highest BCUT2D eigenvalue weighted by molar-refractivity contribution is 7.15. The molecule has 0 aliphatic carbocycles. The van der Waals surface area contributed by atoms with Gasteiger partial charge in [0.25, 0.3) is 0 Å². The summed E-state index contributed by atoms with van der Waals surface area (Å²) >= 11 is 1.31. The van der Waals surface area contributed by atoms with Gasteiger partial charge in [-0.3, -0.25) is 9.59 Å². The van der Waals surface area contributed by atoms with Gasteiger partial charge in [-0.2, -0.15) is 0 Å². The van der Waals surface area contributed by atoms with Crippen LogP contribution in [0.4, 0.5) is 5.13 Å². The van der Waals surface area contributed by atoms with Crippen LogP contribution in [0.15, 0.2) is 54.6 Å². The van der Waals surface area contributed by atoms with E-state index in [1.54, 1.807) is 24.3 Å². The third-order valence-corrected chi connectivity index (χ3v) is 5.20. The highest BCUT2D eigenvalue weighted by atomic mass is 32.1. The molecule has 0 saturated carbocycles. The summed E-state index contributed by atoms with van der Waals surface area (Å²) in [5.41, 5.74) is 1.88. The lowest BCUT2D eigenvalue weighted by atomic mass is 10.1. The number of carbonyl (C=O) groups excluding carboxylic acids is 2. The summed E-state index contributed by atoms with van der Waals surface area (Å²) in [4.78, 5) is 24.1. The van der Waals surface area contributed by atoms with Crippen molar-refractivity contribution in [2.75, 3.05) is 11.9 Å². The van der Waals surface area contributed by atoms with Crippen LogP contribution in [0.2, 0.25) is 0 Å². The molecular formula is C22H23N3O3S. The Morgan fingerprint density at radius 2 is 1.76 bits per heavy atom. The number of anilines is 1. The van der Waals surface area contributed by atoms with E-state index in [1.807, 2.05) is 18.2 Å². The van der Waals surface area contributed by atoms with Crippen molar-refractivity contribution in [1.29, 1.82) is 0 Å². The lowest BCUT2D eigenvalue weighted by Crippen LogP contribution is -2.13. The minimum atomic E-state index is -0.246. The summed E-state index contributed by atoms with van der Waals surface area (Å²) in [6.07, 6.45) is 1.88. The first-order valence-electron chi connectivity index (χ1n) is 9.56. The molecule has 7 heteroatoms. The molecule has 1 aromatic heterocycles. The van der Waals surface area contributed by atoms with E-state index in [4.69, 9.17) is 4.74 Å². The van der Waals surface area contributed by atoms with Crippen molar-refractivity contribution in [2.45, 2.75) is 32.6 Å². The quantitative estimate of drug-likeness (QED) is 0.504. The van der Waals surface area contributed by atoms with Crippen molar-refractivity contribution in [3.05, 3.63) is 70.7 Å². The Morgan fingerprint density at radius 3 is 2.48 bits per heavy atom. The van der Waals surface area contributed by atoms with Crippen molar-refractivity contribution < 1.29 is 14.3 Å². The molecule has 0 spiro atoms. The average molecular weight is 410 g/mol. The van der Waals surface area contributed by atoms with E-state index < -0.39 is 0 Å². The monoisotopic (exact) mass is 409 g/mol. The third kappa shape index (κ3) is 6.50. The van der Waals surface area contributed by atoms with Gasteiger partial charge >= 0.3 is 0 Å². The van der Waals surface area contributed by atoms with Gasteiger partial charge in [0.05, 0.1) is 6.61 Å². The van der Waals surface area contributed by atoms with Crippen molar-refractivity contribution in [3.8, 4) is 5.75 Å². The SMILES string of the molecule is CCc1ccc(OCCc2nnc(NC(=O)CCC(=O)c3ccccc3)s2)cc1. The smallest absolute Gasteiger partial charge is 0.226 e. The van der Waals surface area contributed by atoms with E-state index in [1.165, 1.54) is 16.9 Å². The van der Waals surface area contributed by atoms with Gasteiger partial charge in [-0.05, 0) is 24.1 Å². The number of ketones is 1. The number of carbonyl (C=O) groups is 2. The molecular weight excluding hydrogens is 386 g/mol. The summed E-state index contributed by atoms with van der Waals surface area (Å²) in [6, 6.07) is 17.0. The number of hydrogen-bond acceptors (Lipinski definition) is 6. The van der Waals surface area contributed by atoms with Gasteiger partial charge in [0.15, 0.2) is 5.78 Å². The van der Waals surface area contributed by atoms with Crippen molar-refractivity contribution in [3.63, 3.8) is 0 Å². The fraction of sp³-hybridized carbons (Fsp3) is 0.273. The van der Waals surface area contributed by atoms with Gasteiger partial charge in [0.1, 0.15) is 10.8 Å². The third-order valence-electron chi connectivity index (χ3n) is 4.30. The van der Waals surface area contributed by atoms with Crippen LogP contribution in [0.25, 0.3) is 0 Å². The van der Waals surface area contributed by atoms with Crippen LogP contribution in [0.5, 0.6) is 5.75 Å². The van der Waals surface area contributed by atoms with Crippen LogP contribution >= 0.6 is 11.3 Å². The summed E-state index contributed by atoms with van der Waals surface area (Å²) < 4.78 is 5.72. The number of Topliss-reactive ketones (excluding diaryl/α,β-unsaturated/α-hetero) is 1. The van der Waals surface area contributed by atoms with E-state index >= 15 is 0 Å². The maximum Gasteiger partial charge on any atom is 0.226 e. The molecule has 0 unspecified atom stereocenters. The molecule has 2 aromatic carbocycles. The number of hydrogen-bond donors (Lipinski definition) is 1. The fourth-order valence-electron chi connectivity index (χ4n) is 2.66. The summed E-state index contributed by atoms with van der Waals surface area (Å²) in [7, 11) is 0. The zero-order valence-electron chi connectivity index (χ0n) is 16.3. The Balaban J connectivity index is 1.40. The highest BCUT2D eigenvalue weighted by Gasteiger charge is 2.12. The standard InChI is InChI=1S/C22H23N3O3S/c1-2-16-8-10-18(11-9-16)28-15-14-21-24-25-22(29-21)23-20(27)13-12-19(26)17-6-4-3-5-7-17/h3-11H,2,12-15H2,1H3,(H,23,25,27). The minimum absolute atomic E-state index is 0.0529. The van der Waals surface area contributed by atoms with Crippen molar-refractivity contribution in [1.82, 2.24) is 10.2 Å². The molecule has 0 bridgehead atoms. The van der Waals surface area contributed by atoms with E-state index in [0.717, 1.165) is 17.2 Å². The molecule has 6 nitrogen and oxygen atoms in total. The number of nitrogens with zero attached hydrogens (tertiary/aromatic N) is 2. The molecule has 0 saturated heterocycles. The second-order valence-electron chi connectivity index (χ2n) is 6.43. The Kier molecular flexibility index (Phi) is 7.47. The second kappa shape index (κ2) is 10.5. The van der Waals surface area contributed by atoms with E-state index in [9.17, 15) is 9.59 Å². The molecule has 3 rings (SSSR count). The number of rotatable bonds is 10. The van der Waals surface area contributed by atoms with Crippen molar-refractivity contribution in [2.24, 2.45) is 0 Å². The van der Waals surface area contributed by atoms with E-state index in [-0.39, 0.29) is 24.5 Å². The molecule has 1 amide bonds. The Hall–Kier alpha value is -3.06. The molecule has 0 atom stereocenters.